The highest BCUT2D eigenvalue weighted by Crippen LogP contribution is 2.32. The first-order valence-corrected chi connectivity index (χ1v) is 6.20. The van der Waals surface area contributed by atoms with E-state index in [1.54, 1.807) is 0 Å². The number of rotatable bonds is 2. The molecule has 3 rings (SSSR count). The quantitative estimate of drug-likeness (QED) is 0.822. The summed E-state index contributed by atoms with van der Waals surface area (Å²) >= 11 is 0. The topological polar surface area (TPSA) is 50.8 Å². The van der Waals surface area contributed by atoms with Crippen molar-refractivity contribution in [2.45, 2.75) is 6.42 Å². The lowest BCUT2D eigenvalue weighted by atomic mass is 10.1. The molecule has 1 fully saturated rings. The largest absolute Gasteiger partial charge is 0.454 e. The molecule has 2 aliphatic rings. The minimum atomic E-state index is 0.176. The third-order valence-electron chi connectivity index (χ3n) is 3.26. The van der Waals surface area contributed by atoms with Crippen LogP contribution in [0.1, 0.15) is 5.56 Å². The van der Waals surface area contributed by atoms with E-state index in [1.807, 2.05) is 23.1 Å². The fourth-order valence-electron chi connectivity index (χ4n) is 2.25. The summed E-state index contributed by atoms with van der Waals surface area (Å²) in [6.07, 6.45) is 0.427. The summed E-state index contributed by atoms with van der Waals surface area (Å²) < 4.78 is 10.6. The highest BCUT2D eigenvalue weighted by Gasteiger charge is 2.18. The van der Waals surface area contributed by atoms with Gasteiger partial charge in [-0.3, -0.25) is 4.79 Å². The van der Waals surface area contributed by atoms with E-state index in [1.165, 1.54) is 0 Å². The van der Waals surface area contributed by atoms with E-state index in [9.17, 15) is 4.79 Å². The van der Waals surface area contributed by atoms with E-state index >= 15 is 0 Å². The Labute approximate surface area is 106 Å². The van der Waals surface area contributed by atoms with Crippen LogP contribution in [0.2, 0.25) is 0 Å². The molecular formula is C13H16N2O3. The number of hydrogen-bond donors (Lipinski definition) is 1. The Morgan fingerprint density at radius 3 is 2.83 bits per heavy atom. The first-order valence-electron chi connectivity index (χ1n) is 6.20. The molecule has 96 valence electrons. The molecule has 2 heterocycles. The number of fused-ring (bicyclic) bond motifs is 1. The Balaban J connectivity index is 1.66. The first-order chi connectivity index (χ1) is 8.83. The lowest BCUT2D eigenvalue weighted by molar-refractivity contribution is -0.131. The van der Waals surface area contributed by atoms with E-state index in [2.05, 4.69) is 5.32 Å². The third kappa shape index (κ3) is 2.26. The summed E-state index contributed by atoms with van der Waals surface area (Å²) in [5.74, 6) is 1.67. The number of benzene rings is 1. The van der Waals surface area contributed by atoms with Gasteiger partial charge in [-0.2, -0.15) is 0 Å². The molecule has 1 aromatic rings. The van der Waals surface area contributed by atoms with Crippen LogP contribution in [0.5, 0.6) is 11.5 Å². The highest BCUT2D eigenvalue weighted by molar-refractivity contribution is 5.79. The predicted molar refractivity (Wildman–Crippen MR) is 65.7 cm³/mol. The maximum Gasteiger partial charge on any atom is 0.231 e. The molecule has 1 aromatic carbocycles. The average molecular weight is 248 g/mol. The molecule has 1 amide bonds. The lowest BCUT2D eigenvalue weighted by Gasteiger charge is -2.27. The molecule has 5 nitrogen and oxygen atoms in total. The zero-order valence-corrected chi connectivity index (χ0v) is 10.1. The molecule has 0 spiro atoms. The molecule has 0 unspecified atom stereocenters. The minimum Gasteiger partial charge on any atom is -0.454 e. The maximum atomic E-state index is 12.1. The van der Waals surface area contributed by atoms with Gasteiger partial charge in [0.1, 0.15) is 0 Å². The van der Waals surface area contributed by atoms with E-state index in [4.69, 9.17) is 9.47 Å². The normalized spacial score (nSPS) is 17.9. The molecule has 5 heteroatoms. The summed E-state index contributed by atoms with van der Waals surface area (Å²) in [6, 6.07) is 5.68. The van der Waals surface area contributed by atoms with Gasteiger partial charge in [-0.15, -0.1) is 0 Å². The molecule has 1 N–H and O–H groups in total. The van der Waals surface area contributed by atoms with Gasteiger partial charge in [0, 0.05) is 26.2 Å². The second-order valence-electron chi connectivity index (χ2n) is 4.50. The predicted octanol–water partition coefficient (Wildman–Crippen LogP) is 0.390. The standard InChI is InChI=1S/C13H16N2O3/c16-13(15-5-3-14-4-6-15)8-10-1-2-11-12(7-10)18-9-17-11/h1-2,7,14H,3-6,8-9H2. The van der Waals surface area contributed by atoms with Gasteiger partial charge < -0.3 is 19.7 Å². The third-order valence-corrected chi connectivity index (χ3v) is 3.26. The average Bonchev–Trinajstić information content (AvgIpc) is 2.87. The van der Waals surface area contributed by atoms with Crippen molar-refractivity contribution in [3.8, 4) is 11.5 Å². The first kappa shape index (κ1) is 11.3. The van der Waals surface area contributed by atoms with Crippen LogP contribution in [0.4, 0.5) is 0 Å². The van der Waals surface area contributed by atoms with Gasteiger partial charge in [0.25, 0.3) is 0 Å². The minimum absolute atomic E-state index is 0.176. The van der Waals surface area contributed by atoms with Crippen LogP contribution in [0, 0.1) is 0 Å². The van der Waals surface area contributed by atoms with Gasteiger partial charge in [-0.25, -0.2) is 0 Å². The van der Waals surface area contributed by atoms with E-state index < -0.39 is 0 Å². The number of nitrogens with zero attached hydrogens (tertiary/aromatic N) is 1. The zero-order valence-electron chi connectivity index (χ0n) is 10.1. The van der Waals surface area contributed by atoms with Crippen molar-refractivity contribution in [1.82, 2.24) is 10.2 Å². The van der Waals surface area contributed by atoms with Gasteiger partial charge in [-0.05, 0) is 17.7 Å². The van der Waals surface area contributed by atoms with Crippen LogP contribution >= 0.6 is 0 Å². The molecule has 2 aliphatic heterocycles. The summed E-state index contributed by atoms with van der Waals surface area (Å²) in [5, 5.41) is 3.24. The number of nitrogens with one attached hydrogen (secondary N) is 1. The Kier molecular flexibility index (Phi) is 3.06. The Hall–Kier alpha value is -1.75. The number of hydrogen-bond acceptors (Lipinski definition) is 4. The van der Waals surface area contributed by atoms with Crippen molar-refractivity contribution in [2.75, 3.05) is 33.0 Å². The van der Waals surface area contributed by atoms with E-state index in [0.29, 0.717) is 6.42 Å². The Morgan fingerprint density at radius 1 is 1.22 bits per heavy atom. The molecule has 0 saturated carbocycles. The second kappa shape index (κ2) is 4.86. The summed E-state index contributed by atoms with van der Waals surface area (Å²) in [6.45, 7) is 3.62. The van der Waals surface area contributed by atoms with Gasteiger partial charge >= 0.3 is 0 Å². The van der Waals surface area contributed by atoms with Crippen LogP contribution in [0.3, 0.4) is 0 Å². The number of carbonyl (C=O) groups is 1. The number of piperazine rings is 1. The van der Waals surface area contributed by atoms with Gasteiger partial charge in [0.2, 0.25) is 12.7 Å². The monoisotopic (exact) mass is 248 g/mol. The summed E-state index contributed by atoms with van der Waals surface area (Å²) in [7, 11) is 0. The fourth-order valence-corrected chi connectivity index (χ4v) is 2.25. The number of amides is 1. The second-order valence-corrected chi connectivity index (χ2v) is 4.50. The van der Waals surface area contributed by atoms with Crippen LogP contribution in [0.15, 0.2) is 18.2 Å². The van der Waals surface area contributed by atoms with Crippen molar-refractivity contribution in [1.29, 1.82) is 0 Å². The SMILES string of the molecule is O=C(Cc1ccc2c(c1)OCO2)N1CCNCC1. The molecule has 1 saturated heterocycles. The van der Waals surface area contributed by atoms with Crippen molar-refractivity contribution in [3.63, 3.8) is 0 Å². The molecule has 0 aromatic heterocycles. The van der Waals surface area contributed by atoms with Gasteiger partial charge in [0.05, 0.1) is 6.42 Å². The van der Waals surface area contributed by atoms with Crippen LogP contribution in [0.25, 0.3) is 0 Å². The number of carbonyl (C=O) groups excluding carboxylic acids is 1. The van der Waals surface area contributed by atoms with Crippen LogP contribution in [-0.2, 0) is 11.2 Å². The molecule has 18 heavy (non-hydrogen) atoms. The molecule has 0 atom stereocenters. The van der Waals surface area contributed by atoms with Crippen molar-refractivity contribution >= 4 is 5.91 Å². The maximum absolute atomic E-state index is 12.1. The van der Waals surface area contributed by atoms with Crippen molar-refractivity contribution in [2.24, 2.45) is 0 Å². The molecule has 0 bridgehead atoms. The van der Waals surface area contributed by atoms with Gasteiger partial charge in [0.15, 0.2) is 11.5 Å². The van der Waals surface area contributed by atoms with E-state index in [0.717, 1.165) is 43.2 Å². The zero-order chi connectivity index (χ0) is 12.4. The molecule has 0 aliphatic carbocycles. The summed E-state index contributed by atoms with van der Waals surface area (Å²) in [5.41, 5.74) is 0.975. The lowest BCUT2D eigenvalue weighted by Crippen LogP contribution is -2.46. The van der Waals surface area contributed by atoms with Crippen molar-refractivity contribution in [3.05, 3.63) is 23.8 Å². The fraction of sp³-hybridized carbons (Fsp3) is 0.462. The smallest absolute Gasteiger partial charge is 0.231 e. The molecule has 0 radical (unpaired) electrons. The van der Waals surface area contributed by atoms with Gasteiger partial charge in [-0.1, -0.05) is 6.07 Å². The van der Waals surface area contributed by atoms with E-state index in [-0.39, 0.29) is 12.7 Å². The van der Waals surface area contributed by atoms with Crippen LogP contribution < -0.4 is 14.8 Å². The molecular weight excluding hydrogens is 232 g/mol. The number of ether oxygens (including phenoxy) is 2. The highest BCUT2D eigenvalue weighted by atomic mass is 16.7. The summed E-state index contributed by atoms with van der Waals surface area (Å²) in [4.78, 5) is 14.0. The van der Waals surface area contributed by atoms with Crippen molar-refractivity contribution < 1.29 is 14.3 Å². The Morgan fingerprint density at radius 2 is 2.00 bits per heavy atom. The van der Waals surface area contributed by atoms with Crippen LogP contribution in [-0.4, -0.2) is 43.8 Å². The Bertz CT molecular complexity index is 456.